The quantitative estimate of drug-likeness (QED) is 0.765. The molecule has 1 saturated carbocycles. The van der Waals surface area contributed by atoms with E-state index in [4.69, 9.17) is 0 Å². The van der Waals surface area contributed by atoms with Crippen molar-refractivity contribution in [2.75, 3.05) is 39.3 Å². The van der Waals surface area contributed by atoms with Gasteiger partial charge in [-0.15, -0.1) is 0 Å². The summed E-state index contributed by atoms with van der Waals surface area (Å²) in [7, 11) is -3.35. The van der Waals surface area contributed by atoms with Crippen LogP contribution in [0.15, 0.2) is 0 Å². The van der Waals surface area contributed by atoms with Crippen molar-refractivity contribution in [2.45, 2.75) is 51.6 Å². The fourth-order valence-corrected chi connectivity index (χ4v) is 5.04. The standard InChI is InChI=1S/C16H30N4O3S/c1-13-5-7-19(8-6-13)24(22,23)20-11-9-18(10-12-20)14(2)16(21)17-15-3-4-15/h13-15H,3-12H2,1-2H3,(H,17,21). The molecule has 0 spiro atoms. The Labute approximate surface area is 145 Å². The van der Waals surface area contributed by atoms with Crippen molar-refractivity contribution in [3.8, 4) is 0 Å². The molecular weight excluding hydrogens is 328 g/mol. The summed E-state index contributed by atoms with van der Waals surface area (Å²) in [5, 5.41) is 3.03. The topological polar surface area (TPSA) is 73.0 Å². The van der Waals surface area contributed by atoms with Crippen molar-refractivity contribution in [3.05, 3.63) is 0 Å². The van der Waals surface area contributed by atoms with Gasteiger partial charge in [-0.1, -0.05) is 6.92 Å². The molecule has 24 heavy (non-hydrogen) atoms. The molecule has 2 aliphatic heterocycles. The van der Waals surface area contributed by atoms with Crippen molar-refractivity contribution in [2.24, 2.45) is 5.92 Å². The number of amides is 1. The zero-order chi connectivity index (χ0) is 17.3. The highest BCUT2D eigenvalue weighted by Gasteiger charge is 2.36. The van der Waals surface area contributed by atoms with E-state index in [-0.39, 0.29) is 11.9 Å². The third-order valence-electron chi connectivity index (χ3n) is 5.52. The molecule has 1 aliphatic carbocycles. The summed E-state index contributed by atoms with van der Waals surface area (Å²) in [4.78, 5) is 14.2. The third kappa shape index (κ3) is 4.09. The van der Waals surface area contributed by atoms with Crippen LogP contribution in [0.25, 0.3) is 0 Å². The maximum Gasteiger partial charge on any atom is 0.282 e. The Morgan fingerprint density at radius 1 is 0.958 bits per heavy atom. The van der Waals surface area contributed by atoms with Crippen LogP contribution in [0.1, 0.15) is 39.5 Å². The van der Waals surface area contributed by atoms with Crippen molar-refractivity contribution in [1.82, 2.24) is 18.8 Å². The number of nitrogens with one attached hydrogen (secondary N) is 1. The molecule has 1 N–H and O–H groups in total. The average Bonchev–Trinajstić information content (AvgIpc) is 3.38. The van der Waals surface area contributed by atoms with E-state index in [9.17, 15) is 13.2 Å². The number of hydrogen-bond acceptors (Lipinski definition) is 4. The van der Waals surface area contributed by atoms with Crippen LogP contribution in [-0.4, -0.2) is 79.2 Å². The van der Waals surface area contributed by atoms with Gasteiger partial charge in [0.25, 0.3) is 10.2 Å². The van der Waals surface area contributed by atoms with E-state index >= 15 is 0 Å². The summed E-state index contributed by atoms with van der Waals surface area (Å²) < 4.78 is 28.8. The molecule has 3 rings (SSSR count). The van der Waals surface area contributed by atoms with E-state index in [1.54, 1.807) is 8.61 Å². The number of nitrogens with zero attached hydrogens (tertiary/aromatic N) is 3. The second kappa shape index (κ2) is 7.27. The number of piperazine rings is 1. The molecule has 1 atom stereocenters. The molecule has 0 aromatic carbocycles. The van der Waals surface area contributed by atoms with Crippen LogP contribution < -0.4 is 5.32 Å². The lowest BCUT2D eigenvalue weighted by atomic mass is 10.0. The lowest BCUT2D eigenvalue weighted by molar-refractivity contribution is -0.126. The molecule has 138 valence electrons. The first-order chi connectivity index (χ1) is 11.4. The zero-order valence-electron chi connectivity index (χ0n) is 14.8. The number of carbonyl (C=O) groups is 1. The van der Waals surface area contributed by atoms with Gasteiger partial charge < -0.3 is 5.32 Å². The van der Waals surface area contributed by atoms with Gasteiger partial charge in [-0.05, 0) is 38.5 Å². The Morgan fingerprint density at radius 2 is 1.50 bits per heavy atom. The fraction of sp³-hybridized carbons (Fsp3) is 0.938. The van der Waals surface area contributed by atoms with E-state index in [1.807, 2.05) is 6.92 Å². The first kappa shape index (κ1) is 18.1. The molecule has 2 saturated heterocycles. The number of piperidine rings is 1. The molecule has 0 bridgehead atoms. The fourth-order valence-electron chi connectivity index (χ4n) is 3.42. The highest BCUT2D eigenvalue weighted by atomic mass is 32.2. The van der Waals surface area contributed by atoms with Gasteiger partial charge in [-0.25, -0.2) is 0 Å². The molecule has 3 fully saturated rings. The highest BCUT2D eigenvalue weighted by molar-refractivity contribution is 7.86. The van der Waals surface area contributed by atoms with Crippen LogP contribution in [0.5, 0.6) is 0 Å². The highest BCUT2D eigenvalue weighted by Crippen LogP contribution is 2.22. The van der Waals surface area contributed by atoms with Crippen LogP contribution in [0.4, 0.5) is 0 Å². The van der Waals surface area contributed by atoms with E-state index < -0.39 is 10.2 Å². The molecule has 7 nitrogen and oxygen atoms in total. The van der Waals surface area contributed by atoms with E-state index in [2.05, 4.69) is 17.1 Å². The second-order valence-electron chi connectivity index (χ2n) is 7.48. The lowest BCUT2D eigenvalue weighted by Crippen LogP contribution is -2.57. The maximum absolute atomic E-state index is 12.8. The predicted molar refractivity (Wildman–Crippen MR) is 92.7 cm³/mol. The van der Waals surface area contributed by atoms with Gasteiger partial charge in [0.15, 0.2) is 0 Å². The summed E-state index contributed by atoms with van der Waals surface area (Å²) in [5.41, 5.74) is 0. The molecule has 0 radical (unpaired) electrons. The minimum absolute atomic E-state index is 0.0684. The predicted octanol–water partition coefficient (Wildman–Crippen LogP) is 0.248. The van der Waals surface area contributed by atoms with Crippen LogP contribution in [0, 0.1) is 5.92 Å². The summed E-state index contributed by atoms with van der Waals surface area (Å²) in [6, 6.07) is 0.175. The van der Waals surface area contributed by atoms with Crippen molar-refractivity contribution in [3.63, 3.8) is 0 Å². The van der Waals surface area contributed by atoms with E-state index in [0.717, 1.165) is 25.7 Å². The minimum atomic E-state index is -3.35. The van der Waals surface area contributed by atoms with Gasteiger partial charge in [0.05, 0.1) is 6.04 Å². The first-order valence-electron chi connectivity index (χ1n) is 9.17. The van der Waals surface area contributed by atoms with Gasteiger partial charge >= 0.3 is 0 Å². The Kier molecular flexibility index (Phi) is 5.48. The Bertz CT molecular complexity index is 548. The molecule has 0 aromatic heterocycles. The van der Waals surface area contributed by atoms with Crippen LogP contribution in [0.2, 0.25) is 0 Å². The smallest absolute Gasteiger partial charge is 0.282 e. The number of rotatable bonds is 5. The Balaban J connectivity index is 1.51. The largest absolute Gasteiger partial charge is 0.352 e. The summed E-state index contributed by atoms with van der Waals surface area (Å²) >= 11 is 0. The molecule has 0 aromatic rings. The molecule has 1 amide bonds. The summed E-state index contributed by atoms with van der Waals surface area (Å²) in [6.45, 7) is 7.51. The second-order valence-corrected chi connectivity index (χ2v) is 9.41. The molecule has 1 unspecified atom stereocenters. The SMILES string of the molecule is CC1CCN(S(=O)(=O)N2CCN(C(C)C(=O)NC3CC3)CC2)CC1. The number of carbonyl (C=O) groups excluding carboxylic acids is 1. The van der Waals surface area contributed by atoms with Gasteiger partial charge in [0.2, 0.25) is 5.91 Å². The van der Waals surface area contributed by atoms with Crippen LogP contribution in [-0.2, 0) is 15.0 Å². The summed E-state index contributed by atoms with van der Waals surface area (Å²) in [6.07, 6.45) is 4.05. The maximum atomic E-state index is 12.8. The zero-order valence-corrected chi connectivity index (χ0v) is 15.6. The molecule has 8 heteroatoms. The van der Waals surface area contributed by atoms with Gasteiger partial charge in [0.1, 0.15) is 0 Å². The Hall–Kier alpha value is -0.700. The number of hydrogen-bond donors (Lipinski definition) is 1. The van der Waals surface area contributed by atoms with Gasteiger partial charge in [0, 0.05) is 45.3 Å². The van der Waals surface area contributed by atoms with Crippen molar-refractivity contribution >= 4 is 16.1 Å². The Morgan fingerprint density at radius 3 is 2.04 bits per heavy atom. The van der Waals surface area contributed by atoms with Crippen molar-refractivity contribution in [1.29, 1.82) is 0 Å². The van der Waals surface area contributed by atoms with Crippen LogP contribution in [0.3, 0.4) is 0 Å². The molecular formula is C16H30N4O3S. The first-order valence-corrected chi connectivity index (χ1v) is 10.6. The average molecular weight is 359 g/mol. The lowest BCUT2D eigenvalue weighted by Gasteiger charge is -2.40. The molecule has 2 heterocycles. The van der Waals surface area contributed by atoms with Crippen molar-refractivity contribution < 1.29 is 13.2 Å². The van der Waals surface area contributed by atoms with Crippen LogP contribution >= 0.6 is 0 Å². The minimum Gasteiger partial charge on any atom is -0.352 e. The third-order valence-corrected chi connectivity index (χ3v) is 7.55. The van der Waals surface area contributed by atoms with Gasteiger partial charge in [-0.3, -0.25) is 9.69 Å². The normalized spacial score (nSPS) is 27.1. The monoisotopic (exact) mass is 358 g/mol. The molecule has 3 aliphatic rings. The summed E-state index contributed by atoms with van der Waals surface area (Å²) in [5.74, 6) is 0.679. The van der Waals surface area contributed by atoms with E-state index in [0.29, 0.717) is 51.2 Å². The van der Waals surface area contributed by atoms with E-state index in [1.165, 1.54) is 0 Å². The van der Waals surface area contributed by atoms with Gasteiger partial charge in [-0.2, -0.15) is 17.0 Å².